The first-order valence-corrected chi connectivity index (χ1v) is 7.03. The lowest BCUT2D eigenvalue weighted by atomic mass is 9.86. The Bertz CT molecular complexity index is 234. The molecule has 100 valence electrons. The highest BCUT2D eigenvalue weighted by molar-refractivity contribution is 5.78. The first-order valence-electron chi connectivity index (χ1n) is 7.03. The maximum atomic E-state index is 12.2. The van der Waals surface area contributed by atoms with Crippen molar-refractivity contribution in [3.8, 4) is 0 Å². The number of rotatable bonds is 5. The zero-order valence-corrected chi connectivity index (χ0v) is 11.6. The Labute approximate surface area is 106 Å². The van der Waals surface area contributed by atoms with Crippen molar-refractivity contribution < 1.29 is 4.79 Å². The van der Waals surface area contributed by atoms with Crippen molar-refractivity contribution in [3.63, 3.8) is 0 Å². The average Bonchev–Trinajstić information content (AvgIpc) is 2.35. The molecular formula is C14H28N2O. The summed E-state index contributed by atoms with van der Waals surface area (Å²) in [7, 11) is 1.97. The SMILES string of the molecule is CC1CCC(N(C)C(=O)C(C)CCCN)CC1. The monoisotopic (exact) mass is 240 g/mol. The van der Waals surface area contributed by atoms with Gasteiger partial charge in [-0.05, 0) is 51.0 Å². The molecule has 17 heavy (non-hydrogen) atoms. The molecule has 0 radical (unpaired) electrons. The van der Waals surface area contributed by atoms with Crippen molar-refractivity contribution in [1.82, 2.24) is 4.90 Å². The summed E-state index contributed by atoms with van der Waals surface area (Å²) in [5, 5.41) is 0. The number of nitrogens with two attached hydrogens (primary N) is 1. The molecule has 0 spiro atoms. The molecule has 1 amide bonds. The van der Waals surface area contributed by atoms with E-state index >= 15 is 0 Å². The van der Waals surface area contributed by atoms with Gasteiger partial charge in [-0.1, -0.05) is 13.8 Å². The van der Waals surface area contributed by atoms with Crippen LogP contribution in [0.15, 0.2) is 0 Å². The lowest BCUT2D eigenvalue weighted by Crippen LogP contribution is -2.41. The molecule has 0 saturated heterocycles. The number of amides is 1. The van der Waals surface area contributed by atoms with Gasteiger partial charge in [0.25, 0.3) is 0 Å². The summed E-state index contributed by atoms with van der Waals surface area (Å²) in [6, 6.07) is 0.471. The van der Waals surface area contributed by atoms with E-state index in [-0.39, 0.29) is 5.92 Å². The Morgan fingerprint density at radius 3 is 2.47 bits per heavy atom. The molecule has 2 N–H and O–H groups in total. The Morgan fingerprint density at radius 1 is 1.35 bits per heavy atom. The Kier molecular flexibility index (Phi) is 5.96. The quantitative estimate of drug-likeness (QED) is 0.802. The van der Waals surface area contributed by atoms with E-state index in [1.54, 1.807) is 0 Å². The van der Waals surface area contributed by atoms with Gasteiger partial charge in [-0.25, -0.2) is 0 Å². The number of nitrogens with zero attached hydrogens (tertiary/aromatic N) is 1. The van der Waals surface area contributed by atoms with E-state index in [1.165, 1.54) is 25.7 Å². The molecule has 0 aromatic carbocycles. The van der Waals surface area contributed by atoms with Crippen molar-refractivity contribution in [2.75, 3.05) is 13.6 Å². The van der Waals surface area contributed by atoms with Crippen LogP contribution < -0.4 is 5.73 Å². The van der Waals surface area contributed by atoms with Gasteiger partial charge in [0.2, 0.25) is 5.91 Å². The fourth-order valence-electron chi connectivity index (χ4n) is 2.70. The average molecular weight is 240 g/mol. The van der Waals surface area contributed by atoms with Crippen LogP contribution in [0.5, 0.6) is 0 Å². The second-order valence-electron chi connectivity index (χ2n) is 5.69. The van der Waals surface area contributed by atoms with Crippen molar-refractivity contribution in [2.45, 2.75) is 58.4 Å². The largest absolute Gasteiger partial charge is 0.343 e. The van der Waals surface area contributed by atoms with E-state index in [0.717, 1.165) is 18.8 Å². The van der Waals surface area contributed by atoms with Crippen LogP contribution in [0.3, 0.4) is 0 Å². The van der Waals surface area contributed by atoms with E-state index < -0.39 is 0 Å². The second-order valence-corrected chi connectivity index (χ2v) is 5.69. The van der Waals surface area contributed by atoms with Gasteiger partial charge in [-0.15, -0.1) is 0 Å². The Balaban J connectivity index is 2.40. The Hall–Kier alpha value is -0.570. The van der Waals surface area contributed by atoms with Gasteiger partial charge >= 0.3 is 0 Å². The van der Waals surface area contributed by atoms with Gasteiger partial charge in [-0.2, -0.15) is 0 Å². The third kappa shape index (κ3) is 4.30. The lowest BCUT2D eigenvalue weighted by Gasteiger charge is -2.35. The molecule has 1 fully saturated rings. The minimum absolute atomic E-state index is 0.128. The fourth-order valence-corrected chi connectivity index (χ4v) is 2.70. The molecule has 1 unspecified atom stereocenters. The molecule has 1 aliphatic rings. The smallest absolute Gasteiger partial charge is 0.225 e. The van der Waals surface area contributed by atoms with Crippen LogP contribution in [0.2, 0.25) is 0 Å². The molecule has 0 heterocycles. The molecule has 0 aromatic rings. The number of carbonyl (C=O) groups excluding carboxylic acids is 1. The van der Waals surface area contributed by atoms with E-state index in [2.05, 4.69) is 6.92 Å². The predicted octanol–water partition coefficient (Wildman–Crippen LogP) is 2.40. The minimum atomic E-state index is 0.128. The maximum absolute atomic E-state index is 12.2. The van der Waals surface area contributed by atoms with Crippen molar-refractivity contribution in [1.29, 1.82) is 0 Å². The summed E-state index contributed by atoms with van der Waals surface area (Å²) in [5.74, 6) is 1.27. The molecule has 1 rings (SSSR count). The van der Waals surface area contributed by atoms with E-state index in [4.69, 9.17) is 5.73 Å². The van der Waals surface area contributed by atoms with Crippen LogP contribution in [0.4, 0.5) is 0 Å². The van der Waals surface area contributed by atoms with Crippen molar-refractivity contribution in [2.24, 2.45) is 17.6 Å². The highest BCUT2D eigenvalue weighted by atomic mass is 16.2. The topological polar surface area (TPSA) is 46.3 Å². The van der Waals surface area contributed by atoms with Gasteiger partial charge in [0.15, 0.2) is 0 Å². The molecular weight excluding hydrogens is 212 g/mol. The minimum Gasteiger partial charge on any atom is -0.343 e. The number of carbonyl (C=O) groups is 1. The predicted molar refractivity (Wildman–Crippen MR) is 71.6 cm³/mol. The molecule has 1 saturated carbocycles. The molecule has 0 aromatic heterocycles. The second kappa shape index (κ2) is 7.00. The number of hydrogen-bond acceptors (Lipinski definition) is 2. The first-order chi connectivity index (χ1) is 8.06. The third-order valence-electron chi connectivity index (χ3n) is 4.14. The zero-order valence-electron chi connectivity index (χ0n) is 11.6. The van der Waals surface area contributed by atoms with Crippen LogP contribution in [-0.4, -0.2) is 30.4 Å². The van der Waals surface area contributed by atoms with Gasteiger partial charge in [0.1, 0.15) is 0 Å². The summed E-state index contributed by atoms with van der Waals surface area (Å²) in [6.45, 7) is 5.02. The van der Waals surface area contributed by atoms with Crippen LogP contribution in [0.1, 0.15) is 52.4 Å². The summed E-state index contributed by atoms with van der Waals surface area (Å²) < 4.78 is 0. The number of hydrogen-bond donors (Lipinski definition) is 1. The molecule has 3 heteroatoms. The highest BCUT2D eigenvalue weighted by Crippen LogP contribution is 2.27. The van der Waals surface area contributed by atoms with Crippen molar-refractivity contribution >= 4 is 5.91 Å². The fraction of sp³-hybridized carbons (Fsp3) is 0.929. The van der Waals surface area contributed by atoms with Crippen molar-refractivity contribution in [3.05, 3.63) is 0 Å². The molecule has 0 aliphatic heterocycles. The maximum Gasteiger partial charge on any atom is 0.225 e. The zero-order chi connectivity index (χ0) is 12.8. The van der Waals surface area contributed by atoms with E-state index in [1.807, 2.05) is 18.9 Å². The van der Waals surface area contributed by atoms with Gasteiger partial charge in [-0.3, -0.25) is 4.79 Å². The molecule has 1 atom stereocenters. The third-order valence-corrected chi connectivity index (χ3v) is 4.14. The lowest BCUT2D eigenvalue weighted by molar-refractivity contribution is -0.136. The van der Waals surface area contributed by atoms with E-state index in [9.17, 15) is 4.79 Å². The van der Waals surface area contributed by atoms with Crippen LogP contribution >= 0.6 is 0 Å². The van der Waals surface area contributed by atoms with Crippen LogP contribution in [0.25, 0.3) is 0 Å². The molecule has 0 bridgehead atoms. The van der Waals surface area contributed by atoms with E-state index in [0.29, 0.717) is 18.5 Å². The molecule has 1 aliphatic carbocycles. The summed E-state index contributed by atoms with van der Waals surface area (Å²) in [6.07, 6.45) is 6.74. The summed E-state index contributed by atoms with van der Waals surface area (Å²) in [4.78, 5) is 14.2. The molecule has 3 nitrogen and oxygen atoms in total. The summed E-state index contributed by atoms with van der Waals surface area (Å²) >= 11 is 0. The highest BCUT2D eigenvalue weighted by Gasteiger charge is 2.26. The Morgan fingerprint density at radius 2 is 1.94 bits per heavy atom. The first kappa shape index (κ1) is 14.5. The van der Waals surface area contributed by atoms with Gasteiger partial charge < -0.3 is 10.6 Å². The standard InChI is InChI=1S/C14H28N2O/c1-11-6-8-13(9-7-11)16(3)14(17)12(2)5-4-10-15/h11-13H,4-10,15H2,1-3H3. The van der Waals surface area contributed by atoms with Gasteiger partial charge in [0, 0.05) is 19.0 Å². The van der Waals surface area contributed by atoms with Crippen LogP contribution in [-0.2, 0) is 4.79 Å². The summed E-state index contributed by atoms with van der Waals surface area (Å²) in [5.41, 5.74) is 5.49. The van der Waals surface area contributed by atoms with Gasteiger partial charge in [0.05, 0.1) is 0 Å². The normalized spacial score (nSPS) is 26.6. The van der Waals surface area contributed by atoms with Crippen LogP contribution in [0, 0.1) is 11.8 Å².